The molecule has 27 heavy (non-hydrogen) atoms. The first-order chi connectivity index (χ1) is 12.9. The molecule has 138 valence electrons. The fraction of sp³-hybridized carbons (Fsp3) is 0.0556. The summed E-state index contributed by atoms with van der Waals surface area (Å²) in [4.78, 5) is 21.1. The largest absolute Gasteiger partial charge is 0.383 e. The molecule has 6 N–H and O–H groups in total. The van der Waals surface area contributed by atoms with Gasteiger partial charge in [0.25, 0.3) is 5.91 Å². The number of aliphatic imine (C=N–C) groups is 1. The Balaban J connectivity index is 2.20. The zero-order chi connectivity index (χ0) is 19.6. The fourth-order valence-corrected chi connectivity index (χ4v) is 4.12. The first kappa shape index (κ1) is 19.3. The molecule has 0 saturated heterocycles. The summed E-state index contributed by atoms with van der Waals surface area (Å²) < 4.78 is 0. The van der Waals surface area contributed by atoms with Gasteiger partial charge in [0.15, 0.2) is 0 Å². The average Bonchev–Trinajstić information content (AvgIpc) is 3.07. The Morgan fingerprint density at radius 2 is 1.89 bits per heavy atom. The molecular weight excluding hydrogens is 405 g/mol. The number of amidine groups is 1. The van der Waals surface area contributed by atoms with Gasteiger partial charge in [-0.15, -0.1) is 11.3 Å². The van der Waals surface area contributed by atoms with E-state index in [9.17, 15) is 4.79 Å². The standard InChI is InChI=1S/C18H15Cl2N5OS/c19-10-1-2-11(13(20)6-10)12-7-15(27-16(12)17(22)25-8-21)9-3-4-24-14(5-9)18(23)26/h1-7H,8,21H2,(H2,22,25)(H2,23,26). The molecule has 0 spiro atoms. The molecule has 0 aliphatic rings. The van der Waals surface area contributed by atoms with Crippen molar-refractivity contribution < 1.29 is 4.79 Å². The Bertz CT molecular complexity index is 1050. The number of hydrogen-bond donors (Lipinski definition) is 3. The van der Waals surface area contributed by atoms with Crippen molar-refractivity contribution in [3.05, 3.63) is 63.2 Å². The van der Waals surface area contributed by atoms with E-state index >= 15 is 0 Å². The molecule has 0 bridgehead atoms. The van der Waals surface area contributed by atoms with Crippen LogP contribution in [0.3, 0.4) is 0 Å². The van der Waals surface area contributed by atoms with E-state index in [0.717, 1.165) is 26.4 Å². The first-order valence-electron chi connectivity index (χ1n) is 7.76. The summed E-state index contributed by atoms with van der Waals surface area (Å²) in [5.41, 5.74) is 19.5. The van der Waals surface area contributed by atoms with E-state index in [2.05, 4.69) is 9.98 Å². The number of amides is 1. The second kappa shape index (κ2) is 8.06. The topological polar surface area (TPSA) is 120 Å². The number of nitrogens with two attached hydrogens (primary N) is 3. The van der Waals surface area contributed by atoms with Crippen LogP contribution >= 0.6 is 34.5 Å². The Morgan fingerprint density at radius 1 is 1.11 bits per heavy atom. The van der Waals surface area contributed by atoms with Crippen LogP contribution in [-0.2, 0) is 0 Å². The molecule has 0 fully saturated rings. The normalized spacial score (nSPS) is 11.6. The molecule has 2 heterocycles. The van der Waals surface area contributed by atoms with E-state index < -0.39 is 5.91 Å². The minimum Gasteiger partial charge on any atom is -0.383 e. The molecule has 0 aliphatic heterocycles. The number of aromatic nitrogens is 1. The highest BCUT2D eigenvalue weighted by molar-refractivity contribution is 7.18. The van der Waals surface area contributed by atoms with Gasteiger partial charge in [-0.1, -0.05) is 29.3 Å². The summed E-state index contributed by atoms with van der Waals surface area (Å²) in [6, 6.07) is 10.6. The van der Waals surface area contributed by atoms with Crippen LogP contribution in [-0.4, -0.2) is 23.4 Å². The molecule has 0 atom stereocenters. The Morgan fingerprint density at radius 3 is 2.56 bits per heavy atom. The van der Waals surface area contributed by atoms with Crippen LogP contribution in [0.1, 0.15) is 15.4 Å². The minimum atomic E-state index is -0.598. The van der Waals surface area contributed by atoms with Crippen LogP contribution in [0, 0.1) is 0 Å². The van der Waals surface area contributed by atoms with Crippen molar-refractivity contribution >= 4 is 46.3 Å². The molecule has 1 aromatic carbocycles. The van der Waals surface area contributed by atoms with Crippen molar-refractivity contribution in [2.75, 3.05) is 6.67 Å². The summed E-state index contributed by atoms with van der Waals surface area (Å²) >= 11 is 13.8. The molecule has 0 unspecified atom stereocenters. The lowest BCUT2D eigenvalue weighted by Gasteiger charge is -2.06. The highest BCUT2D eigenvalue weighted by Crippen LogP contribution is 2.40. The summed E-state index contributed by atoms with van der Waals surface area (Å²) in [6.45, 7) is 0.0634. The van der Waals surface area contributed by atoms with E-state index in [0.29, 0.717) is 15.9 Å². The monoisotopic (exact) mass is 419 g/mol. The van der Waals surface area contributed by atoms with E-state index in [-0.39, 0.29) is 12.4 Å². The molecule has 6 nitrogen and oxygen atoms in total. The Hall–Kier alpha value is -2.45. The van der Waals surface area contributed by atoms with Crippen LogP contribution in [0.15, 0.2) is 47.6 Å². The maximum absolute atomic E-state index is 11.4. The van der Waals surface area contributed by atoms with E-state index in [4.69, 9.17) is 40.4 Å². The molecule has 0 aliphatic carbocycles. The van der Waals surface area contributed by atoms with Crippen LogP contribution in [0.25, 0.3) is 21.6 Å². The highest BCUT2D eigenvalue weighted by Gasteiger charge is 2.18. The smallest absolute Gasteiger partial charge is 0.267 e. The number of carbonyl (C=O) groups excluding carboxylic acids is 1. The second-order valence-corrected chi connectivity index (χ2v) is 7.39. The van der Waals surface area contributed by atoms with Gasteiger partial charge in [0, 0.05) is 32.2 Å². The third kappa shape index (κ3) is 4.12. The number of carbonyl (C=O) groups is 1. The summed E-state index contributed by atoms with van der Waals surface area (Å²) in [5, 5.41) is 1.02. The molecule has 9 heteroatoms. The lowest BCUT2D eigenvalue weighted by molar-refractivity contribution is 0.0995. The fourth-order valence-electron chi connectivity index (χ4n) is 2.52. The van der Waals surface area contributed by atoms with Crippen molar-refractivity contribution in [3.8, 4) is 21.6 Å². The van der Waals surface area contributed by atoms with Gasteiger partial charge < -0.3 is 17.2 Å². The van der Waals surface area contributed by atoms with Crippen molar-refractivity contribution in [2.24, 2.45) is 22.2 Å². The van der Waals surface area contributed by atoms with E-state index in [1.165, 1.54) is 17.5 Å². The first-order valence-corrected chi connectivity index (χ1v) is 9.33. The number of primary amides is 1. The number of thiophene rings is 1. The average molecular weight is 420 g/mol. The molecule has 3 rings (SSSR count). The maximum Gasteiger partial charge on any atom is 0.267 e. The summed E-state index contributed by atoms with van der Waals surface area (Å²) in [5.74, 6) is -0.294. The van der Waals surface area contributed by atoms with Gasteiger partial charge in [-0.2, -0.15) is 0 Å². The Kier molecular flexibility index (Phi) is 5.76. The van der Waals surface area contributed by atoms with Crippen LogP contribution in [0.2, 0.25) is 10.0 Å². The number of benzene rings is 1. The number of hydrogen-bond acceptors (Lipinski definition) is 5. The van der Waals surface area contributed by atoms with Crippen molar-refractivity contribution in [1.29, 1.82) is 0 Å². The number of pyridine rings is 1. The van der Waals surface area contributed by atoms with Crippen molar-refractivity contribution in [2.45, 2.75) is 0 Å². The number of nitrogens with zero attached hydrogens (tertiary/aromatic N) is 2. The molecule has 0 saturated carbocycles. The molecule has 3 aromatic rings. The third-order valence-electron chi connectivity index (χ3n) is 3.74. The molecule has 0 radical (unpaired) electrons. The lowest BCUT2D eigenvalue weighted by Crippen LogP contribution is -2.15. The zero-order valence-corrected chi connectivity index (χ0v) is 16.3. The summed E-state index contributed by atoms with van der Waals surface area (Å²) in [7, 11) is 0. The van der Waals surface area contributed by atoms with E-state index in [1.54, 1.807) is 24.3 Å². The third-order valence-corrected chi connectivity index (χ3v) is 5.50. The Labute approximate surface area is 169 Å². The van der Waals surface area contributed by atoms with E-state index in [1.807, 2.05) is 12.1 Å². The number of halogens is 2. The summed E-state index contributed by atoms with van der Waals surface area (Å²) in [6.07, 6.45) is 1.53. The predicted molar refractivity (Wildman–Crippen MR) is 111 cm³/mol. The van der Waals surface area contributed by atoms with Crippen LogP contribution in [0.4, 0.5) is 0 Å². The van der Waals surface area contributed by atoms with Gasteiger partial charge in [-0.3, -0.25) is 14.8 Å². The van der Waals surface area contributed by atoms with Crippen molar-refractivity contribution in [3.63, 3.8) is 0 Å². The van der Waals surface area contributed by atoms with Gasteiger partial charge in [0.05, 0.1) is 11.5 Å². The molecule has 2 aromatic heterocycles. The predicted octanol–water partition coefficient (Wildman–Crippen LogP) is 3.50. The van der Waals surface area contributed by atoms with Crippen LogP contribution < -0.4 is 17.2 Å². The lowest BCUT2D eigenvalue weighted by atomic mass is 10.0. The van der Waals surface area contributed by atoms with Crippen molar-refractivity contribution in [1.82, 2.24) is 4.98 Å². The molecule has 1 amide bonds. The van der Waals surface area contributed by atoms with Gasteiger partial charge in [-0.25, -0.2) is 0 Å². The van der Waals surface area contributed by atoms with Gasteiger partial charge in [0.2, 0.25) is 0 Å². The minimum absolute atomic E-state index is 0.0634. The quantitative estimate of drug-likeness (QED) is 0.432. The highest BCUT2D eigenvalue weighted by atomic mass is 35.5. The number of rotatable bonds is 5. The maximum atomic E-state index is 11.4. The second-order valence-electron chi connectivity index (χ2n) is 5.50. The zero-order valence-electron chi connectivity index (χ0n) is 13.9. The molecular formula is C18H15Cl2N5OS. The van der Waals surface area contributed by atoms with Crippen LogP contribution in [0.5, 0.6) is 0 Å². The van der Waals surface area contributed by atoms with Gasteiger partial charge in [-0.05, 0) is 35.9 Å². The van der Waals surface area contributed by atoms with Gasteiger partial charge >= 0.3 is 0 Å². The van der Waals surface area contributed by atoms with Gasteiger partial charge in [0.1, 0.15) is 11.5 Å². The SMILES string of the molecule is NC/N=C(\N)c1sc(-c2ccnc(C(N)=O)c2)cc1-c1ccc(Cl)cc1Cl.